The van der Waals surface area contributed by atoms with Gasteiger partial charge in [0, 0.05) is 29.3 Å². The van der Waals surface area contributed by atoms with Gasteiger partial charge in [-0.15, -0.1) is 0 Å². The van der Waals surface area contributed by atoms with E-state index in [4.69, 9.17) is 4.74 Å². The zero-order valence-electron chi connectivity index (χ0n) is 14.6. The van der Waals surface area contributed by atoms with E-state index in [1.807, 2.05) is 18.3 Å². The lowest BCUT2D eigenvalue weighted by molar-refractivity contribution is -0.118. The van der Waals surface area contributed by atoms with Crippen LogP contribution in [0.2, 0.25) is 0 Å². The Morgan fingerprint density at radius 1 is 1.42 bits per heavy atom. The number of nitrogens with zero attached hydrogens (tertiary/aromatic N) is 1. The summed E-state index contributed by atoms with van der Waals surface area (Å²) in [6, 6.07) is 7.25. The maximum atomic E-state index is 12.7. The largest absolute Gasteiger partial charge is 0.482 e. The average Bonchev–Trinajstić information content (AvgIpc) is 2.61. The molecule has 3 rings (SSSR count). The third kappa shape index (κ3) is 4.04. The highest BCUT2D eigenvalue weighted by molar-refractivity contribution is 9.10. The molecular weight excluding hydrogens is 398 g/mol. The quantitative estimate of drug-likeness (QED) is 0.781. The number of hydrogen-bond acceptors (Lipinski definition) is 4. The number of amides is 2. The first-order valence-electron chi connectivity index (χ1n) is 8.40. The van der Waals surface area contributed by atoms with Gasteiger partial charge >= 0.3 is 0 Å². The molecule has 0 aliphatic carbocycles. The molecule has 6 nitrogen and oxygen atoms in total. The van der Waals surface area contributed by atoms with Crippen molar-refractivity contribution in [2.45, 2.75) is 19.8 Å². The molecular formula is C19H20BrN3O3. The SMILES string of the molecule is CC(C)[C@H](CNC(=O)c1cc2c(cc1Br)NC(=O)CO2)c1cccnc1. The summed E-state index contributed by atoms with van der Waals surface area (Å²) in [4.78, 5) is 28.2. The minimum Gasteiger partial charge on any atom is -0.482 e. The van der Waals surface area contributed by atoms with Crippen LogP contribution in [0.15, 0.2) is 41.1 Å². The lowest BCUT2D eigenvalue weighted by Crippen LogP contribution is -2.31. The molecule has 26 heavy (non-hydrogen) atoms. The Morgan fingerprint density at radius 2 is 2.23 bits per heavy atom. The Bertz CT molecular complexity index is 824. The van der Waals surface area contributed by atoms with E-state index < -0.39 is 0 Å². The van der Waals surface area contributed by atoms with Crippen LogP contribution in [0.1, 0.15) is 35.7 Å². The summed E-state index contributed by atoms with van der Waals surface area (Å²) in [6.07, 6.45) is 3.57. The molecule has 0 unspecified atom stereocenters. The van der Waals surface area contributed by atoms with Crippen molar-refractivity contribution in [2.24, 2.45) is 5.92 Å². The molecule has 136 valence electrons. The Hall–Kier alpha value is -2.41. The van der Waals surface area contributed by atoms with Crippen LogP contribution in [0.25, 0.3) is 0 Å². The number of carbonyl (C=O) groups is 2. The van der Waals surface area contributed by atoms with E-state index in [1.165, 1.54) is 0 Å². The van der Waals surface area contributed by atoms with Gasteiger partial charge < -0.3 is 15.4 Å². The first kappa shape index (κ1) is 18.4. The summed E-state index contributed by atoms with van der Waals surface area (Å²) in [5.74, 6) is 0.600. The predicted molar refractivity (Wildman–Crippen MR) is 102 cm³/mol. The van der Waals surface area contributed by atoms with E-state index in [1.54, 1.807) is 18.3 Å². The molecule has 0 saturated heterocycles. The molecule has 0 spiro atoms. The van der Waals surface area contributed by atoms with Crippen molar-refractivity contribution in [2.75, 3.05) is 18.5 Å². The van der Waals surface area contributed by atoms with E-state index in [0.717, 1.165) is 5.56 Å². The summed E-state index contributed by atoms with van der Waals surface area (Å²) in [5.41, 5.74) is 2.12. The topological polar surface area (TPSA) is 80.3 Å². The first-order valence-corrected chi connectivity index (χ1v) is 9.19. The van der Waals surface area contributed by atoms with Gasteiger partial charge in [-0.1, -0.05) is 19.9 Å². The van der Waals surface area contributed by atoms with E-state index in [9.17, 15) is 9.59 Å². The number of hydrogen-bond donors (Lipinski definition) is 2. The average molecular weight is 418 g/mol. The molecule has 7 heteroatoms. The molecule has 1 aliphatic rings. The van der Waals surface area contributed by atoms with Gasteiger partial charge in [0.15, 0.2) is 6.61 Å². The molecule has 1 aromatic heterocycles. The van der Waals surface area contributed by atoms with Crippen LogP contribution in [0.4, 0.5) is 5.69 Å². The maximum absolute atomic E-state index is 12.7. The fraction of sp³-hybridized carbons (Fsp3) is 0.316. The molecule has 2 amide bonds. The standard InChI is InChI=1S/C19H20BrN3O3/c1-11(2)14(12-4-3-5-21-8-12)9-22-19(25)13-6-17-16(7-15(13)20)23-18(24)10-26-17/h3-8,11,14H,9-10H2,1-2H3,(H,22,25)(H,23,24)/t14-/m0/s1. The highest BCUT2D eigenvalue weighted by atomic mass is 79.9. The lowest BCUT2D eigenvalue weighted by Gasteiger charge is -2.22. The van der Waals surface area contributed by atoms with E-state index in [-0.39, 0.29) is 24.3 Å². The van der Waals surface area contributed by atoms with Crippen LogP contribution in [0, 0.1) is 5.92 Å². The minimum absolute atomic E-state index is 0.0495. The van der Waals surface area contributed by atoms with Crippen LogP contribution in [-0.2, 0) is 4.79 Å². The third-order valence-corrected chi connectivity index (χ3v) is 5.00. The maximum Gasteiger partial charge on any atom is 0.262 e. The van der Waals surface area contributed by atoms with Gasteiger partial charge in [0.05, 0.1) is 11.3 Å². The fourth-order valence-corrected chi connectivity index (χ4v) is 3.43. The van der Waals surface area contributed by atoms with Crippen LogP contribution >= 0.6 is 15.9 Å². The number of nitrogens with one attached hydrogen (secondary N) is 2. The van der Waals surface area contributed by atoms with Crippen molar-refractivity contribution in [3.8, 4) is 5.75 Å². The molecule has 0 bridgehead atoms. The predicted octanol–water partition coefficient (Wildman–Crippen LogP) is 3.34. The van der Waals surface area contributed by atoms with E-state index in [0.29, 0.717) is 33.9 Å². The zero-order chi connectivity index (χ0) is 18.7. The van der Waals surface area contributed by atoms with Crippen molar-refractivity contribution in [1.82, 2.24) is 10.3 Å². The van der Waals surface area contributed by atoms with Crippen LogP contribution in [0.3, 0.4) is 0 Å². The molecule has 1 atom stereocenters. The smallest absolute Gasteiger partial charge is 0.262 e. The Labute approximate surface area is 160 Å². The molecule has 2 N–H and O–H groups in total. The molecule has 1 aromatic carbocycles. The van der Waals surface area contributed by atoms with Gasteiger partial charge in [0.1, 0.15) is 5.75 Å². The normalized spacial score (nSPS) is 14.2. The Morgan fingerprint density at radius 3 is 2.92 bits per heavy atom. The van der Waals surface area contributed by atoms with Crippen molar-refractivity contribution >= 4 is 33.4 Å². The van der Waals surface area contributed by atoms with Crippen LogP contribution in [0.5, 0.6) is 5.75 Å². The van der Waals surface area contributed by atoms with E-state index in [2.05, 4.69) is 45.4 Å². The summed E-state index contributed by atoms with van der Waals surface area (Å²) < 4.78 is 5.99. The summed E-state index contributed by atoms with van der Waals surface area (Å²) in [7, 11) is 0. The monoisotopic (exact) mass is 417 g/mol. The van der Waals surface area contributed by atoms with Crippen molar-refractivity contribution in [3.63, 3.8) is 0 Å². The Kier molecular flexibility index (Phi) is 5.56. The highest BCUT2D eigenvalue weighted by Crippen LogP contribution is 2.33. The lowest BCUT2D eigenvalue weighted by atomic mass is 9.89. The second-order valence-corrected chi connectivity index (χ2v) is 7.37. The van der Waals surface area contributed by atoms with Gasteiger partial charge in [-0.3, -0.25) is 14.6 Å². The zero-order valence-corrected chi connectivity index (χ0v) is 16.2. The highest BCUT2D eigenvalue weighted by Gasteiger charge is 2.22. The number of aromatic nitrogens is 1. The number of pyridine rings is 1. The minimum atomic E-state index is -0.210. The van der Waals surface area contributed by atoms with Gasteiger partial charge in [-0.2, -0.15) is 0 Å². The number of carbonyl (C=O) groups excluding carboxylic acids is 2. The number of halogens is 1. The third-order valence-electron chi connectivity index (χ3n) is 4.35. The molecule has 0 radical (unpaired) electrons. The molecule has 0 saturated carbocycles. The number of anilines is 1. The number of rotatable bonds is 5. The number of ether oxygens (including phenoxy) is 1. The number of fused-ring (bicyclic) bond motifs is 1. The summed E-state index contributed by atoms with van der Waals surface area (Å²) in [5, 5.41) is 5.72. The van der Waals surface area contributed by atoms with E-state index >= 15 is 0 Å². The fourth-order valence-electron chi connectivity index (χ4n) is 2.91. The second-order valence-electron chi connectivity index (χ2n) is 6.51. The van der Waals surface area contributed by atoms with Gasteiger partial charge in [-0.25, -0.2) is 0 Å². The first-order chi connectivity index (χ1) is 12.5. The van der Waals surface area contributed by atoms with Crippen LogP contribution < -0.4 is 15.4 Å². The van der Waals surface area contributed by atoms with Gasteiger partial charge in [0.2, 0.25) is 0 Å². The van der Waals surface area contributed by atoms with Gasteiger partial charge in [-0.05, 0) is 45.6 Å². The molecule has 2 heterocycles. The number of benzene rings is 1. The van der Waals surface area contributed by atoms with Crippen molar-refractivity contribution in [1.29, 1.82) is 0 Å². The van der Waals surface area contributed by atoms with Crippen molar-refractivity contribution in [3.05, 3.63) is 52.3 Å². The van der Waals surface area contributed by atoms with Crippen LogP contribution in [-0.4, -0.2) is 29.9 Å². The molecule has 1 aliphatic heterocycles. The summed E-state index contributed by atoms with van der Waals surface area (Å²) >= 11 is 3.40. The molecule has 0 fully saturated rings. The second kappa shape index (κ2) is 7.86. The summed E-state index contributed by atoms with van der Waals surface area (Å²) in [6.45, 7) is 4.69. The Balaban J connectivity index is 1.74. The van der Waals surface area contributed by atoms with Gasteiger partial charge in [0.25, 0.3) is 11.8 Å². The van der Waals surface area contributed by atoms with Crippen molar-refractivity contribution < 1.29 is 14.3 Å². The molecule has 2 aromatic rings.